The molecule has 2 aliphatic rings. The first-order chi connectivity index (χ1) is 9.76. The van der Waals surface area contributed by atoms with Gasteiger partial charge in [0.05, 0.1) is 0 Å². The van der Waals surface area contributed by atoms with Crippen LogP contribution in [0.3, 0.4) is 0 Å². The third kappa shape index (κ3) is 2.72. The SMILES string of the molecule is C=CC1CC(=O)N(Cc2ccc(N3CCCC3)cc2)C1. The average molecular weight is 270 g/mol. The zero-order valence-electron chi connectivity index (χ0n) is 11.9. The summed E-state index contributed by atoms with van der Waals surface area (Å²) in [7, 11) is 0. The Balaban J connectivity index is 1.63. The summed E-state index contributed by atoms with van der Waals surface area (Å²) in [5, 5.41) is 0. The van der Waals surface area contributed by atoms with Gasteiger partial charge in [0, 0.05) is 44.2 Å². The lowest BCUT2D eigenvalue weighted by molar-refractivity contribution is -0.128. The standard InChI is InChI=1S/C17H22N2O/c1-2-14-11-17(20)19(12-14)13-15-5-7-16(8-6-15)18-9-3-4-10-18/h2,5-8,14H,1,3-4,9-13H2. The summed E-state index contributed by atoms with van der Waals surface area (Å²) in [6, 6.07) is 8.68. The van der Waals surface area contributed by atoms with Crippen LogP contribution in [-0.4, -0.2) is 30.4 Å². The van der Waals surface area contributed by atoms with E-state index in [1.807, 2.05) is 11.0 Å². The molecule has 0 aliphatic carbocycles. The van der Waals surface area contributed by atoms with E-state index in [4.69, 9.17) is 0 Å². The van der Waals surface area contributed by atoms with Gasteiger partial charge in [-0.2, -0.15) is 0 Å². The number of hydrogen-bond donors (Lipinski definition) is 0. The van der Waals surface area contributed by atoms with Gasteiger partial charge in [-0.05, 0) is 30.5 Å². The van der Waals surface area contributed by atoms with E-state index >= 15 is 0 Å². The van der Waals surface area contributed by atoms with Crippen molar-refractivity contribution < 1.29 is 4.79 Å². The van der Waals surface area contributed by atoms with Crippen molar-refractivity contribution >= 4 is 11.6 Å². The number of benzene rings is 1. The topological polar surface area (TPSA) is 23.6 Å². The lowest BCUT2D eigenvalue weighted by atomic mass is 10.1. The van der Waals surface area contributed by atoms with Crippen LogP contribution in [0.25, 0.3) is 0 Å². The fraction of sp³-hybridized carbons (Fsp3) is 0.471. The van der Waals surface area contributed by atoms with Gasteiger partial charge in [-0.25, -0.2) is 0 Å². The third-order valence-corrected chi connectivity index (χ3v) is 4.36. The van der Waals surface area contributed by atoms with E-state index in [0.29, 0.717) is 12.3 Å². The Labute approximate surface area is 120 Å². The number of carbonyl (C=O) groups is 1. The maximum atomic E-state index is 11.9. The van der Waals surface area contributed by atoms with Crippen LogP contribution in [0, 0.1) is 5.92 Å². The van der Waals surface area contributed by atoms with Gasteiger partial charge >= 0.3 is 0 Å². The first kappa shape index (κ1) is 13.2. The van der Waals surface area contributed by atoms with Crippen molar-refractivity contribution in [1.29, 1.82) is 0 Å². The number of rotatable bonds is 4. The molecule has 2 fully saturated rings. The van der Waals surface area contributed by atoms with Crippen molar-refractivity contribution in [2.75, 3.05) is 24.5 Å². The van der Waals surface area contributed by atoms with Crippen LogP contribution in [0.4, 0.5) is 5.69 Å². The number of nitrogens with zero attached hydrogens (tertiary/aromatic N) is 2. The van der Waals surface area contributed by atoms with Crippen LogP contribution in [0.2, 0.25) is 0 Å². The van der Waals surface area contributed by atoms with Gasteiger partial charge in [0.15, 0.2) is 0 Å². The van der Waals surface area contributed by atoms with E-state index in [2.05, 4.69) is 35.7 Å². The molecule has 2 aliphatic heterocycles. The highest BCUT2D eigenvalue weighted by Gasteiger charge is 2.27. The smallest absolute Gasteiger partial charge is 0.223 e. The molecule has 1 aromatic rings. The molecule has 0 radical (unpaired) electrons. The second kappa shape index (κ2) is 5.70. The number of hydrogen-bond acceptors (Lipinski definition) is 2. The Morgan fingerprint density at radius 1 is 1.20 bits per heavy atom. The second-order valence-electron chi connectivity index (χ2n) is 5.83. The van der Waals surface area contributed by atoms with Gasteiger partial charge in [-0.1, -0.05) is 18.2 Å². The molecule has 0 spiro atoms. The molecule has 2 heterocycles. The molecule has 3 nitrogen and oxygen atoms in total. The highest BCUT2D eigenvalue weighted by molar-refractivity contribution is 5.79. The van der Waals surface area contributed by atoms with Gasteiger partial charge in [0.25, 0.3) is 0 Å². The van der Waals surface area contributed by atoms with Crippen molar-refractivity contribution in [2.24, 2.45) is 5.92 Å². The van der Waals surface area contributed by atoms with Gasteiger partial charge in [0.2, 0.25) is 5.91 Å². The molecule has 1 unspecified atom stereocenters. The fourth-order valence-electron chi connectivity index (χ4n) is 3.12. The summed E-state index contributed by atoms with van der Waals surface area (Å²) in [6.45, 7) is 7.67. The van der Waals surface area contributed by atoms with Gasteiger partial charge in [0.1, 0.15) is 0 Å². The van der Waals surface area contributed by atoms with Crippen LogP contribution in [-0.2, 0) is 11.3 Å². The minimum atomic E-state index is 0.249. The van der Waals surface area contributed by atoms with E-state index in [1.54, 1.807) is 0 Å². The zero-order chi connectivity index (χ0) is 13.9. The van der Waals surface area contributed by atoms with Crippen LogP contribution in [0.1, 0.15) is 24.8 Å². The molecule has 3 rings (SSSR count). The van der Waals surface area contributed by atoms with Crippen molar-refractivity contribution in [3.63, 3.8) is 0 Å². The molecular weight excluding hydrogens is 248 g/mol. The number of carbonyl (C=O) groups excluding carboxylic acids is 1. The fourth-order valence-corrected chi connectivity index (χ4v) is 3.12. The van der Waals surface area contributed by atoms with E-state index in [9.17, 15) is 4.79 Å². The van der Waals surface area contributed by atoms with Gasteiger partial charge < -0.3 is 9.80 Å². The Kier molecular flexibility index (Phi) is 3.77. The highest BCUT2D eigenvalue weighted by atomic mass is 16.2. The molecule has 1 atom stereocenters. The summed E-state index contributed by atoms with van der Waals surface area (Å²) in [5.41, 5.74) is 2.52. The summed E-state index contributed by atoms with van der Waals surface area (Å²) in [5.74, 6) is 0.574. The Morgan fingerprint density at radius 2 is 1.90 bits per heavy atom. The zero-order valence-corrected chi connectivity index (χ0v) is 11.9. The molecule has 0 bridgehead atoms. The molecule has 106 valence electrons. The van der Waals surface area contributed by atoms with Crippen molar-refractivity contribution in [2.45, 2.75) is 25.8 Å². The summed E-state index contributed by atoms with van der Waals surface area (Å²) >= 11 is 0. The average Bonchev–Trinajstić information content (AvgIpc) is 3.10. The second-order valence-corrected chi connectivity index (χ2v) is 5.83. The quantitative estimate of drug-likeness (QED) is 0.785. The Morgan fingerprint density at radius 3 is 2.50 bits per heavy atom. The maximum absolute atomic E-state index is 11.9. The molecule has 0 N–H and O–H groups in total. The van der Waals surface area contributed by atoms with Crippen LogP contribution in [0.15, 0.2) is 36.9 Å². The van der Waals surface area contributed by atoms with E-state index in [-0.39, 0.29) is 5.91 Å². The maximum Gasteiger partial charge on any atom is 0.223 e. The van der Waals surface area contributed by atoms with E-state index < -0.39 is 0 Å². The summed E-state index contributed by atoms with van der Waals surface area (Å²) < 4.78 is 0. The number of anilines is 1. The third-order valence-electron chi connectivity index (χ3n) is 4.36. The predicted octanol–water partition coefficient (Wildman–Crippen LogP) is 2.82. The molecule has 0 saturated carbocycles. The molecule has 3 heteroatoms. The molecular formula is C17H22N2O. The first-order valence-corrected chi connectivity index (χ1v) is 7.50. The molecule has 1 amide bonds. The molecule has 2 saturated heterocycles. The number of amides is 1. The van der Waals surface area contributed by atoms with Gasteiger partial charge in [-0.3, -0.25) is 4.79 Å². The van der Waals surface area contributed by atoms with Crippen LogP contribution in [0.5, 0.6) is 0 Å². The minimum absolute atomic E-state index is 0.249. The Hall–Kier alpha value is -1.77. The van der Waals surface area contributed by atoms with E-state index in [1.165, 1.54) is 37.2 Å². The minimum Gasteiger partial charge on any atom is -0.372 e. The normalized spacial score (nSPS) is 22.6. The summed E-state index contributed by atoms with van der Waals surface area (Å²) in [6.07, 6.45) is 5.11. The Bertz CT molecular complexity index is 488. The molecule has 20 heavy (non-hydrogen) atoms. The van der Waals surface area contributed by atoms with Crippen LogP contribution < -0.4 is 4.90 Å². The van der Waals surface area contributed by atoms with Crippen LogP contribution >= 0.6 is 0 Å². The first-order valence-electron chi connectivity index (χ1n) is 7.50. The monoisotopic (exact) mass is 270 g/mol. The lowest BCUT2D eigenvalue weighted by Gasteiger charge is -2.19. The predicted molar refractivity (Wildman–Crippen MR) is 81.6 cm³/mol. The molecule has 1 aromatic carbocycles. The van der Waals surface area contributed by atoms with Crippen molar-refractivity contribution in [3.8, 4) is 0 Å². The lowest BCUT2D eigenvalue weighted by Crippen LogP contribution is -2.24. The molecule has 0 aromatic heterocycles. The van der Waals surface area contributed by atoms with Crippen molar-refractivity contribution in [3.05, 3.63) is 42.5 Å². The largest absolute Gasteiger partial charge is 0.372 e. The number of likely N-dealkylation sites (tertiary alicyclic amines) is 1. The van der Waals surface area contributed by atoms with E-state index in [0.717, 1.165) is 13.1 Å². The summed E-state index contributed by atoms with van der Waals surface area (Å²) in [4.78, 5) is 16.3. The van der Waals surface area contributed by atoms with Crippen molar-refractivity contribution in [1.82, 2.24) is 4.90 Å². The van der Waals surface area contributed by atoms with Gasteiger partial charge in [-0.15, -0.1) is 6.58 Å². The highest BCUT2D eigenvalue weighted by Crippen LogP contribution is 2.23.